The molecule has 41 heteroatoms. The summed E-state index contributed by atoms with van der Waals surface area (Å²) >= 11 is 3.38. The summed E-state index contributed by atoms with van der Waals surface area (Å²) in [6.07, 6.45) is 16.9. The van der Waals surface area contributed by atoms with Crippen LogP contribution >= 0.6 is 15.9 Å². The van der Waals surface area contributed by atoms with Crippen molar-refractivity contribution in [2.24, 2.45) is 0 Å². The lowest BCUT2D eigenvalue weighted by Gasteiger charge is -2.23. The van der Waals surface area contributed by atoms with E-state index in [1.807, 2.05) is 84.9 Å². The first-order valence-electron chi connectivity index (χ1n) is 43.0. The summed E-state index contributed by atoms with van der Waals surface area (Å²) in [5, 5.41) is 117. The Bertz CT molecular complexity index is 5680. The van der Waals surface area contributed by atoms with Crippen LogP contribution in [0.2, 0.25) is 6.55 Å². The fourth-order valence-electron chi connectivity index (χ4n) is 15.3. The number of aliphatic hydroxyl groups is 5. The van der Waals surface area contributed by atoms with Crippen LogP contribution in [0.4, 0.5) is 35.9 Å². The molecule has 0 radical (unpaired) electrons. The number of alkyl halides is 3. The Hall–Kier alpha value is -14.5. The number of benzene rings is 5. The number of hydrogen-bond donors (Lipinski definition) is 10. The van der Waals surface area contributed by atoms with Gasteiger partial charge in [-0.05, 0) is 194 Å². The third-order valence-electron chi connectivity index (χ3n) is 22.3. The number of halogens is 4. The SMILES string of the molecule is CCOC(=O)C1CCC(=O)N1.CO[C@H]1CCC(=O)N1c1ccc2c(C#N)nccc2c1.C[SiH2]C(F)(F)F.N#Cc1nccc2cc(Br)ccc12.N#Cc1nccc2cc(N3C(=O)CC[C@@H]3CO)ccc12.N#Cc1nccc2cc(N3C(=O)CC[C@@H]3CO)ccc12.N#Cc1nccc2cc(N3C(=O)CC[C@H]3CO)ccc12.O=C1CCC(C(=O)O)N1.O=C1CCC(CO)N1.O=C1CCC(CO)N1. The molecule has 8 aliphatic heterocycles. The topological polar surface area (TPSA) is 555 Å². The molecule has 8 aliphatic rings. The van der Waals surface area contributed by atoms with Gasteiger partial charge in [0.05, 0.1) is 69.9 Å². The second kappa shape index (κ2) is 51.0. The zero-order valence-corrected chi connectivity index (χ0v) is 76.7. The van der Waals surface area contributed by atoms with E-state index in [1.165, 1.54) is 6.55 Å². The van der Waals surface area contributed by atoms with E-state index in [0.717, 1.165) is 93.9 Å². The van der Waals surface area contributed by atoms with Gasteiger partial charge in [-0.1, -0.05) is 28.5 Å². The van der Waals surface area contributed by atoms with Gasteiger partial charge in [0.15, 0.2) is 0 Å². The molecule has 5 aromatic heterocycles. The number of fused-ring (bicyclic) bond motifs is 5. The first-order chi connectivity index (χ1) is 64.9. The van der Waals surface area contributed by atoms with E-state index in [9.17, 15) is 76.4 Å². The Morgan fingerprint density at radius 3 is 0.963 bits per heavy atom. The minimum atomic E-state index is -3.82. The molecule has 10 N–H and O–H groups in total. The van der Waals surface area contributed by atoms with Gasteiger partial charge in [-0.25, -0.2) is 34.5 Å². The van der Waals surface area contributed by atoms with Crippen LogP contribution in [0.15, 0.2) is 157 Å². The van der Waals surface area contributed by atoms with Crippen molar-refractivity contribution in [3.63, 3.8) is 0 Å². The molecule has 10 aromatic rings. The highest BCUT2D eigenvalue weighted by molar-refractivity contribution is 9.10. The zero-order chi connectivity index (χ0) is 98.0. The second-order valence-corrected chi connectivity index (χ2v) is 33.5. The van der Waals surface area contributed by atoms with Gasteiger partial charge in [0.1, 0.15) is 86.6 Å². The smallest absolute Gasteiger partial charge is 0.354 e. The van der Waals surface area contributed by atoms with Crippen LogP contribution < -0.4 is 40.9 Å². The first-order valence-corrected chi connectivity index (χ1v) is 45.9. The molecule has 18 rings (SSSR count). The number of ether oxygens (including phenoxy) is 2. The maximum absolute atomic E-state index is 12.0. The van der Waals surface area contributed by atoms with Crippen LogP contribution in [-0.4, -0.2) is 225 Å². The molecular weight excluding hydrogens is 1830 g/mol. The van der Waals surface area contributed by atoms with Crippen molar-refractivity contribution in [2.45, 2.75) is 171 Å². The van der Waals surface area contributed by atoms with Crippen molar-refractivity contribution >= 4 is 161 Å². The number of carbonyl (C=O) groups is 10. The fraction of sp³-hybridized carbons (Fsp3) is 0.362. The molecule has 13 heterocycles. The number of carboxylic acid groups (broad SMARTS) is 1. The van der Waals surface area contributed by atoms with E-state index in [-0.39, 0.29) is 123 Å². The molecule has 5 aromatic carbocycles. The maximum atomic E-state index is 12.0. The monoisotopic (exact) mass is 1930 g/mol. The summed E-state index contributed by atoms with van der Waals surface area (Å²) < 4.78 is 43.6. The number of aliphatic hydroxyl groups excluding tert-OH is 5. The van der Waals surface area contributed by atoms with E-state index in [4.69, 9.17) is 51.1 Å². The second-order valence-electron chi connectivity index (χ2n) is 31.1. The number of nitriles is 5. The third-order valence-corrected chi connectivity index (χ3v) is 23.6. The van der Waals surface area contributed by atoms with Crippen LogP contribution in [0.5, 0.6) is 0 Å². The minimum Gasteiger partial charge on any atom is -0.480 e. The average Bonchev–Trinajstić information content (AvgIpc) is 1.77. The number of aliphatic carboxylic acids is 1. The zero-order valence-electron chi connectivity index (χ0n) is 73.7. The van der Waals surface area contributed by atoms with E-state index in [0.29, 0.717) is 125 Å². The summed E-state index contributed by atoms with van der Waals surface area (Å²) in [6.45, 7) is 3.37. The fourth-order valence-corrected chi connectivity index (χ4v) is 15.7. The van der Waals surface area contributed by atoms with Crippen LogP contribution in [0.1, 0.15) is 138 Å². The van der Waals surface area contributed by atoms with E-state index in [2.05, 4.69) is 92.5 Å². The number of pyridine rings is 5. The van der Waals surface area contributed by atoms with Crippen molar-refractivity contribution in [2.75, 3.05) is 66.4 Å². The number of methoxy groups -OCH3 is 1. The lowest BCUT2D eigenvalue weighted by molar-refractivity contribution is -0.146. The summed E-state index contributed by atoms with van der Waals surface area (Å²) in [4.78, 5) is 137. The summed E-state index contributed by atoms with van der Waals surface area (Å²) in [5.41, 5.74) is 5.07. The highest BCUT2D eigenvalue weighted by Gasteiger charge is 2.37. The van der Waals surface area contributed by atoms with Crippen molar-refractivity contribution in [3.8, 4) is 30.3 Å². The minimum absolute atomic E-state index is 0.0259. The van der Waals surface area contributed by atoms with Gasteiger partial charge in [-0.2, -0.15) is 39.5 Å². The maximum Gasteiger partial charge on any atom is 0.354 e. The van der Waals surface area contributed by atoms with Crippen molar-refractivity contribution in [3.05, 3.63) is 185 Å². The van der Waals surface area contributed by atoms with Gasteiger partial charge in [0.2, 0.25) is 47.3 Å². The molecule has 4 unspecified atom stereocenters. The average molecular weight is 1930 g/mol. The first kappa shape index (κ1) is 104. The number of nitrogens with one attached hydrogen (secondary N) is 4. The van der Waals surface area contributed by atoms with Gasteiger partial charge in [0, 0.05) is 150 Å². The lowest BCUT2D eigenvalue weighted by Crippen LogP contribution is -2.35. The number of carboxylic acids is 1. The molecule has 704 valence electrons. The summed E-state index contributed by atoms with van der Waals surface area (Å²) in [6, 6.07) is 45.8. The van der Waals surface area contributed by atoms with Crippen molar-refractivity contribution < 1.29 is 101 Å². The van der Waals surface area contributed by atoms with Crippen molar-refractivity contribution in [1.29, 1.82) is 26.3 Å². The predicted molar refractivity (Wildman–Crippen MR) is 494 cm³/mol. The number of hydrogen-bond acceptors (Lipinski definition) is 27. The van der Waals surface area contributed by atoms with Crippen LogP contribution in [-0.2, 0) is 57.4 Å². The number of nitrogens with zero attached hydrogens (tertiary/aromatic N) is 14. The van der Waals surface area contributed by atoms with E-state index in [1.54, 1.807) is 101 Å². The molecule has 0 aliphatic carbocycles. The predicted octanol–water partition coefficient (Wildman–Crippen LogP) is 8.27. The standard InChI is InChI=1S/4C15H13N3O2.C10H5BrN2.C7H11NO3.C5H7NO3.2C5H9NO2.C2H5F3Si/c1-20-15-5-4-14(19)18(15)11-2-3-12-10(8-11)6-7-17-13(12)9-16;3*16-8-14-13-3-1-11(7-10(13)5-6-17-14)18-12(9-19)2-4-15(18)20;11-8-1-2-9-7(5-8)3-4-13-10(9)6-12;1-2-11-7(10)5-3-4-6(9)8-5;7-4-2-1-3(6-4)5(8)9;2*7-3-4-1-2-5(8)6-4;1-6-2(3,4)5/h2-3,6-8,15H,4-5H2,1H3;3*1,3,5-7,12,19H,2,4,9H2;1-5H;5H,2-4H2,1H3,(H,8,9);3H,1-2H2,(H,6,7)(H,8,9);2*4,7H,1-3H2,(H,6,8);6H2,1H3/t15-;3*12-;;;;;;/m0110....../s1. The van der Waals surface area contributed by atoms with Gasteiger partial charge < -0.3 is 76.1 Å². The van der Waals surface area contributed by atoms with E-state index < -0.39 is 33.4 Å². The molecule has 36 nitrogen and oxygen atoms in total. The van der Waals surface area contributed by atoms with Crippen molar-refractivity contribution in [1.82, 2.24) is 46.2 Å². The number of carbonyl (C=O) groups excluding carboxylic acids is 9. The van der Waals surface area contributed by atoms with Crippen LogP contribution in [0.25, 0.3) is 53.9 Å². The van der Waals surface area contributed by atoms with Crippen LogP contribution in [0, 0.1) is 56.7 Å². The van der Waals surface area contributed by atoms with E-state index >= 15 is 0 Å². The molecule has 8 amide bonds. The molecule has 135 heavy (non-hydrogen) atoms. The normalized spacial score (nSPS) is 19.5. The molecule has 0 bridgehead atoms. The third kappa shape index (κ3) is 28.5. The summed E-state index contributed by atoms with van der Waals surface area (Å²) in [7, 11) is -0.142. The number of amides is 8. The number of esters is 1. The van der Waals surface area contributed by atoms with Gasteiger partial charge >= 0.3 is 17.7 Å². The number of anilines is 4. The number of rotatable bonds is 13. The van der Waals surface area contributed by atoms with Gasteiger partial charge in [-0.3, -0.25) is 43.3 Å². The van der Waals surface area contributed by atoms with Gasteiger partial charge in [-0.15, -0.1) is 0 Å². The molecule has 0 spiro atoms. The molecule has 8 fully saturated rings. The Balaban J connectivity index is 0.000000172. The molecule has 0 saturated carbocycles. The van der Waals surface area contributed by atoms with Crippen LogP contribution in [0.3, 0.4) is 0 Å². The molecule has 8 saturated heterocycles. The lowest BCUT2D eigenvalue weighted by atomic mass is 10.1. The molecular formula is C94H98BrF3N18O18Si. The largest absolute Gasteiger partial charge is 0.480 e. The number of aromatic nitrogens is 5. The Morgan fingerprint density at radius 2 is 0.711 bits per heavy atom. The van der Waals surface area contributed by atoms with Gasteiger partial charge in [0.25, 0.3) is 0 Å². The Morgan fingerprint density at radius 1 is 0.422 bits per heavy atom. The molecule has 8 atom stereocenters. The Kier molecular flexibility index (Phi) is 39.4. The Labute approximate surface area is 783 Å². The highest BCUT2D eigenvalue weighted by atomic mass is 79.9. The highest BCUT2D eigenvalue weighted by Crippen LogP contribution is 2.36. The quantitative estimate of drug-likeness (QED) is 0.0383. The summed E-state index contributed by atoms with van der Waals surface area (Å²) in [5.74, 6) is -5.06.